The minimum atomic E-state index is -0.813. The maximum absolute atomic E-state index is 14.0. The van der Waals surface area contributed by atoms with Crippen LogP contribution < -0.4 is 5.32 Å². The van der Waals surface area contributed by atoms with Crippen LogP contribution in [0.4, 0.5) is 8.78 Å². The van der Waals surface area contributed by atoms with Gasteiger partial charge in [0.25, 0.3) is 0 Å². The highest BCUT2D eigenvalue weighted by Gasteiger charge is 2.28. The van der Waals surface area contributed by atoms with E-state index in [2.05, 4.69) is 5.32 Å². The van der Waals surface area contributed by atoms with E-state index in [1.807, 2.05) is 20.8 Å². The fourth-order valence-electron chi connectivity index (χ4n) is 2.27. The number of benzene rings is 1. The number of carboxylic acid groups (broad SMARTS) is 1. The molecular formula is C16H23F2NO2. The normalized spacial score (nSPS) is 13.2. The lowest BCUT2D eigenvalue weighted by Gasteiger charge is -2.32. The average Bonchev–Trinajstić information content (AvgIpc) is 2.33. The van der Waals surface area contributed by atoms with Gasteiger partial charge in [0.05, 0.1) is 0 Å². The molecule has 2 N–H and O–H groups in total. The molecule has 0 amide bonds. The second-order valence-electron chi connectivity index (χ2n) is 6.27. The van der Waals surface area contributed by atoms with Crippen LogP contribution in [0.1, 0.15) is 51.6 Å². The number of carboxylic acids is 1. The van der Waals surface area contributed by atoms with Crippen molar-refractivity contribution in [1.82, 2.24) is 5.32 Å². The molecule has 21 heavy (non-hydrogen) atoms. The van der Waals surface area contributed by atoms with Gasteiger partial charge in [0.1, 0.15) is 11.6 Å². The Labute approximate surface area is 124 Å². The molecule has 0 aliphatic carbocycles. The van der Waals surface area contributed by atoms with E-state index < -0.39 is 17.6 Å². The molecule has 0 aromatic heterocycles. The Morgan fingerprint density at radius 1 is 1.29 bits per heavy atom. The first kappa shape index (κ1) is 17.6. The minimum absolute atomic E-state index is 0.132. The number of rotatable bonds is 7. The highest BCUT2D eigenvalue weighted by Crippen LogP contribution is 2.34. The van der Waals surface area contributed by atoms with Gasteiger partial charge in [0.2, 0.25) is 0 Å². The summed E-state index contributed by atoms with van der Waals surface area (Å²) in [6, 6.07) is 3.34. The van der Waals surface area contributed by atoms with E-state index in [1.54, 1.807) is 0 Å². The van der Waals surface area contributed by atoms with Gasteiger partial charge in [-0.1, -0.05) is 26.8 Å². The molecule has 0 radical (unpaired) electrons. The number of carbonyl (C=O) groups is 1. The van der Waals surface area contributed by atoms with Crippen molar-refractivity contribution < 1.29 is 18.7 Å². The quantitative estimate of drug-likeness (QED) is 0.751. The molecule has 0 saturated carbocycles. The predicted octanol–water partition coefficient (Wildman–Crippen LogP) is 3.90. The second kappa shape index (κ2) is 7.50. The van der Waals surface area contributed by atoms with Crippen LogP contribution in [0, 0.1) is 17.0 Å². The van der Waals surface area contributed by atoms with Crippen molar-refractivity contribution in [3.05, 3.63) is 35.4 Å². The van der Waals surface area contributed by atoms with Crippen LogP contribution in [0.2, 0.25) is 0 Å². The van der Waals surface area contributed by atoms with E-state index >= 15 is 0 Å². The van der Waals surface area contributed by atoms with Crippen LogP contribution >= 0.6 is 0 Å². The standard InChI is InChI=1S/C16H23F2NO2/c1-16(2,3)15(19-9-5-4-6-14(20)21)12-8-7-11(17)10-13(12)18/h7-8,10,15,19H,4-6,9H2,1-3H3,(H,20,21). The lowest BCUT2D eigenvalue weighted by Crippen LogP contribution is -2.33. The molecule has 3 nitrogen and oxygen atoms in total. The SMILES string of the molecule is CC(C)(C)C(NCCCCC(=O)O)c1ccc(F)cc1F. The number of hydrogen-bond donors (Lipinski definition) is 2. The van der Waals surface area contributed by atoms with Crippen molar-refractivity contribution in [2.75, 3.05) is 6.54 Å². The number of halogens is 2. The van der Waals surface area contributed by atoms with Crippen LogP contribution in [-0.2, 0) is 4.79 Å². The Morgan fingerprint density at radius 3 is 2.48 bits per heavy atom. The summed E-state index contributed by atoms with van der Waals surface area (Å²) < 4.78 is 27.0. The first-order valence-corrected chi connectivity index (χ1v) is 7.12. The summed E-state index contributed by atoms with van der Waals surface area (Å²) in [5.74, 6) is -1.97. The molecule has 5 heteroatoms. The molecule has 1 aromatic rings. The summed E-state index contributed by atoms with van der Waals surface area (Å²) in [4.78, 5) is 10.4. The largest absolute Gasteiger partial charge is 0.481 e. The van der Waals surface area contributed by atoms with Gasteiger partial charge in [0, 0.05) is 24.1 Å². The van der Waals surface area contributed by atoms with Crippen molar-refractivity contribution in [3.63, 3.8) is 0 Å². The van der Waals surface area contributed by atoms with Crippen molar-refractivity contribution in [2.24, 2.45) is 5.41 Å². The van der Waals surface area contributed by atoms with E-state index in [4.69, 9.17) is 5.11 Å². The van der Waals surface area contributed by atoms with Crippen molar-refractivity contribution in [1.29, 1.82) is 0 Å². The highest BCUT2D eigenvalue weighted by atomic mass is 19.1. The number of hydrogen-bond acceptors (Lipinski definition) is 2. The van der Waals surface area contributed by atoms with E-state index in [-0.39, 0.29) is 17.9 Å². The van der Waals surface area contributed by atoms with E-state index in [0.717, 1.165) is 6.07 Å². The van der Waals surface area contributed by atoms with Gasteiger partial charge in [-0.15, -0.1) is 0 Å². The van der Waals surface area contributed by atoms with Gasteiger partial charge in [0.15, 0.2) is 0 Å². The Balaban J connectivity index is 2.71. The third-order valence-corrected chi connectivity index (χ3v) is 3.31. The van der Waals surface area contributed by atoms with Gasteiger partial charge in [-0.05, 0) is 30.9 Å². The molecule has 1 unspecified atom stereocenters. The summed E-state index contributed by atoms with van der Waals surface area (Å²) in [6.07, 6.45) is 1.40. The summed E-state index contributed by atoms with van der Waals surface area (Å²) in [6.45, 7) is 6.52. The number of nitrogens with one attached hydrogen (secondary N) is 1. The highest BCUT2D eigenvalue weighted by molar-refractivity contribution is 5.66. The monoisotopic (exact) mass is 299 g/mol. The van der Waals surface area contributed by atoms with E-state index in [1.165, 1.54) is 12.1 Å². The average molecular weight is 299 g/mol. The third kappa shape index (κ3) is 5.79. The first-order chi connectivity index (χ1) is 9.71. The number of aliphatic carboxylic acids is 1. The topological polar surface area (TPSA) is 49.3 Å². The second-order valence-corrected chi connectivity index (χ2v) is 6.27. The Hall–Kier alpha value is -1.49. The molecule has 0 fully saturated rings. The fraction of sp³-hybridized carbons (Fsp3) is 0.562. The molecular weight excluding hydrogens is 276 g/mol. The Bertz CT molecular complexity index is 484. The zero-order chi connectivity index (χ0) is 16.0. The van der Waals surface area contributed by atoms with Crippen molar-refractivity contribution in [3.8, 4) is 0 Å². The Kier molecular flexibility index (Phi) is 6.27. The van der Waals surface area contributed by atoms with Gasteiger partial charge >= 0.3 is 5.97 Å². The van der Waals surface area contributed by atoms with Gasteiger partial charge in [-0.3, -0.25) is 4.79 Å². The molecule has 1 atom stereocenters. The van der Waals surface area contributed by atoms with Gasteiger partial charge in [-0.25, -0.2) is 8.78 Å². The molecule has 1 aromatic carbocycles. The predicted molar refractivity (Wildman–Crippen MR) is 78.0 cm³/mol. The minimum Gasteiger partial charge on any atom is -0.481 e. The summed E-state index contributed by atoms with van der Waals surface area (Å²) in [7, 11) is 0. The molecule has 0 saturated heterocycles. The lowest BCUT2D eigenvalue weighted by atomic mass is 9.82. The van der Waals surface area contributed by atoms with Gasteiger partial charge in [-0.2, -0.15) is 0 Å². The summed E-state index contributed by atoms with van der Waals surface area (Å²) in [5.41, 5.74) is 0.188. The third-order valence-electron chi connectivity index (χ3n) is 3.31. The van der Waals surface area contributed by atoms with Crippen molar-refractivity contribution in [2.45, 2.75) is 46.1 Å². The fourth-order valence-corrected chi connectivity index (χ4v) is 2.27. The Morgan fingerprint density at radius 2 is 1.95 bits per heavy atom. The van der Waals surface area contributed by atoms with E-state index in [9.17, 15) is 13.6 Å². The zero-order valence-corrected chi connectivity index (χ0v) is 12.7. The maximum Gasteiger partial charge on any atom is 0.303 e. The van der Waals surface area contributed by atoms with Crippen LogP contribution in [-0.4, -0.2) is 17.6 Å². The van der Waals surface area contributed by atoms with Crippen LogP contribution in [0.3, 0.4) is 0 Å². The zero-order valence-electron chi connectivity index (χ0n) is 12.7. The molecule has 0 heterocycles. The molecule has 118 valence electrons. The lowest BCUT2D eigenvalue weighted by molar-refractivity contribution is -0.137. The molecule has 0 spiro atoms. The molecule has 1 rings (SSSR count). The summed E-state index contributed by atoms with van der Waals surface area (Å²) in [5, 5.41) is 11.8. The molecule has 0 aliphatic rings. The maximum atomic E-state index is 14.0. The van der Waals surface area contributed by atoms with Crippen LogP contribution in [0.25, 0.3) is 0 Å². The smallest absolute Gasteiger partial charge is 0.303 e. The van der Waals surface area contributed by atoms with Crippen LogP contribution in [0.5, 0.6) is 0 Å². The van der Waals surface area contributed by atoms with Crippen LogP contribution in [0.15, 0.2) is 18.2 Å². The molecule has 0 bridgehead atoms. The first-order valence-electron chi connectivity index (χ1n) is 7.12. The number of unbranched alkanes of at least 4 members (excludes halogenated alkanes) is 1. The van der Waals surface area contributed by atoms with Gasteiger partial charge < -0.3 is 10.4 Å². The summed E-state index contributed by atoms with van der Waals surface area (Å²) >= 11 is 0. The van der Waals surface area contributed by atoms with Crippen molar-refractivity contribution >= 4 is 5.97 Å². The van der Waals surface area contributed by atoms with E-state index in [0.29, 0.717) is 24.9 Å². The molecule has 0 aliphatic heterocycles.